The highest BCUT2D eigenvalue weighted by atomic mass is 79.9. The largest absolute Gasteiger partial charge is 0.337 e. The molecule has 0 spiro atoms. The minimum absolute atomic E-state index is 0. The van der Waals surface area contributed by atoms with E-state index in [1.807, 2.05) is 29.2 Å². The summed E-state index contributed by atoms with van der Waals surface area (Å²) in [7, 11) is 0. The molecule has 1 saturated heterocycles. The van der Waals surface area contributed by atoms with Gasteiger partial charge in [0.1, 0.15) is 0 Å². The van der Waals surface area contributed by atoms with E-state index in [9.17, 15) is 4.79 Å². The Morgan fingerprint density at radius 3 is 2.73 bits per heavy atom. The highest BCUT2D eigenvalue weighted by molar-refractivity contribution is 9.10. The Morgan fingerprint density at radius 1 is 1.18 bits per heavy atom. The second-order valence-corrected chi connectivity index (χ2v) is 5.96. The van der Waals surface area contributed by atoms with Crippen LogP contribution in [0.25, 0.3) is 5.69 Å². The molecule has 0 unspecified atom stereocenters. The van der Waals surface area contributed by atoms with E-state index >= 15 is 0 Å². The van der Waals surface area contributed by atoms with Crippen molar-refractivity contribution in [3.63, 3.8) is 0 Å². The number of nitrogens with zero attached hydrogens (tertiary/aromatic N) is 3. The summed E-state index contributed by atoms with van der Waals surface area (Å²) in [5.74, 6) is 0.0575. The maximum Gasteiger partial charge on any atom is 0.257 e. The number of aromatic nitrogens is 2. The fourth-order valence-corrected chi connectivity index (χ4v) is 2.66. The smallest absolute Gasteiger partial charge is 0.257 e. The van der Waals surface area contributed by atoms with Crippen molar-refractivity contribution in [3.8, 4) is 5.69 Å². The zero-order valence-corrected chi connectivity index (χ0v) is 14.4. The van der Waals surface area contributed by atoms with Gasteiger partial charge in [-0.1, -0.05) is 15.9 Å². The monoisotopic (exact) mass is 384 g/mol. The maximum absolute atomic E-state index is 12.5. The summed E-state index contributed by atoms with van der Waals surface area (Å²) in [5.41, 5.74) is 1.58. The Morgan fingerprint density at radius 2 is 1.95 bits per heavy atom. The van der Waals surface area contributed by atoms with Crippen molar-refractivity contribution in [1.29, 1.82) is 0 Å². The molecular formula is C15H18BrClN4O. The third-order valence-electron chi connectivity index (χ3n) is 3.55. The van der Waals surface area contributed by atoms with Gasteiger partial charge in [-0.05, 0) is 37.2 Å². The van der Waals surface area contributed by atoms with Gasteiger partial charge >= 0.3 is 0 Å². The number of carbonyl (C=O) groups excluding carboxylic acids is 1. The molecule has 0 aliphatic carbocycles. The predicted molar refractivity (Wildman–Crippen MR) is 91.9 cm³/mol. The van der Waals surface area contributed by atoms with E-state index in [2.05, 4.69) is 26.3 Å². The van der Waals surface area contributed by atoms with Gasteiger partial charge in [-0.3, -0.25) is 4.79 Å². The van der Waals surface area contributed by atoms with Crippen molar-refractivity contribution in [2.45, 2.75) is 6.42 Å². The number of amides is 1. The Labute approximate surface area is 144 Å². The lowest BCUT2D eigenvalue weighted by atomic mass is 10.3. The van der Waals surface area contributed by atoms with E-state index < -0.39 is 0 Å². The average molecular weight is 386 g/mol. The minimum Gasteiger partial charge on any atom is -0.337 e. The molecule has 5 nitrogen and oxygen atoms in total. The SMILES string of the molecule is Cl.O=C(c1cnn(-c2ccc(Br)cc2)c1)N1CCCNCC1. The van der Waals surface area contributed by atoms with E-state index in [4.69, 9.17) is 0 Å². The normalized spacial score (nSPS) is 15.0. The summed E-state index contributed by atoms with van der Waals surface area (Å²) in [6.07, 6.45) is 4.43. The first kappa shape index (κ1) is 17.0. The minimum atomic E-state index is 0. The molecule has 2 aromatic rings. The fourth-order valence-electron chi connectivity index (χ4n) is 2.40. The van der Waals surface area contributed by atoms with Gasteiger partial charge in [0.05, 0.1) is 17.4 Å². The first-order valence-electron chi connectivity index (χ1n) is 7.04. The van der Waals surface area contributed by atoms with Gasteiger partial charge in [0.25, 0.3) is 5.91 Å². The number of hydrogen-bond acceptors (Lipinski definition) is 3. The highest BCUT2D eigenvalue weighted by Crippen LogP contribution is 2.15. The molecule has 1 aromatic carbocycles. The Bertz CT molecular complexity index is 621. The van der Waals surface area contributed by atoms with Crippen LogP contribution in [-0.4, -0.2) is 46.8 Å². The van der Waals surface area contributed by atoms with Crippen molar-refractivity contribution in [2.24, 2.45) is 0 Å². The van der Waals surface area contributed by atoms with Crippen molar-refractivity contribution >= 4 is 34.2 Å². The molecule has 22 heavy (non-hydrogen) atoms. The van der Waals surface area contributed by atoms with Crippen LogP contribution in [0.5, 0.6) is 0 Å². The number of halogens is 2. The highest BCUT2D eigenvalue weighted by Gasteiger charge is 2.18. The van der Waals surface area contributed by atoms with Crippen LogP contribution in [0.3, 0.4) is 0 Å². The molecular weight excluding hydrogens is 368 g/mol. The summed E-state index contributed by atoms with van der Waals surface area (Å²) >= 11 is 3.41. The lowest BCUT2D eigenvalue weighted by Crippen LogP contribution is -2.33. The molecule has 1 amide bonds. The van der Waals surface area contributed by atoms with Crippen LogP contribution in [0.2, 0.25) is 0 Å². The molecule has 1 aliphatic rings. The van der Waals surface area contributed by atoms with Crippen LogP contribution in [-0.2, 0) is 0 Å². The standard InChI is InChI=1S/C15H17BrN4O.ClH/c16-13-2-4-14(5-3-13)20-11-12(10-18-20)15(21)19-8-1-6-17-7-9-19;/h2-5,10-11,17H,1,6-9H2;1H. The van der Waals surface area contributed by atoms with Crippen molar-refractivity contribution in [2.75, 3.05) is 26.2 Å². The lowest BCUT2D eigenvalue weighted by Gasteiger charge is -2.18. The van der Waals surface area contributed by atoms with Crippen molar-refractivity contribution in [1.82, 2.24) is 20.0 Å². The van der Waals surface area contributed by atoms with Gasteiger partial charge < -0.3 is 10.2 Å². The zero-order valence-electron chi connectivity index (χ0n) is 12.0. The molecule has 118 valence electrons. The van der Waals surface area contributed by atoms with Crippen LogP contribution >= 0.6 is 28.3 Å². The molecule has 1 aromatic heterocycles. The number of carbonyl (C=O) groups is 1. The third-order valence-corrected chi connectivity index (χ3v) is 4.08. The molecule has 0 saturated carbocycles. The predicted octanol–water partition coefficient (Wildman–Crippen LogP) is 2.49. The third kappa shape index (κ3) is 3.88. The quantitative estimate of drug-likeness (QED) is 0.864. The number of rotatable bonds is 2. The van der Waals surface area contributed by atoms with E-state index in [1.165, 1.54) is 0 Å². The van der Waals surface area contributed by atoms with Gasteiger partial charge in [0.15, 0.2) is 0 Å². The summed E-state index contributed by atoms with van der Waals surface area (Å²) in [5, 5.41) is 7.59. The average Bonchev–Trinajstić information content (AvgIpc) is 2.83. The number of nitrogens with one attached hydrogen (secondary N) is 1. The molecule has 1 aliphatic heterocycles. The van der Waals surface area contributed by atoms with Crippen LogP contribution in [0.1, 0.15) is 16.8 Å². The Hall–Kier alpha value is -1.37. The molecule has 2 heterocycles. The van der Waals surface area contributed by atoms with E-state index in [1.54, 1.807) is 17.1 Å². The summed E-state index contributed by atoms with van der Waals surface area (Å²) < 4.78 is 2.75. The van der Waals surface area contributed by atoms with Crippen LogP contribution in [0.4, 0.5) is 0 Å². The van der Waals surface area contributed by atoms with Gasteiger partial charge in [0, 0.05) is 30.3 Å². The summed E-state index contributed by atoms with van der Waals surface area (Å²) in [6, 6.07) is 7.83. The van der Waals surface area contributed by atoms with Crippen molar-refractivity contribution in [3.05, 3.63) is 46.7 Å². The molecule has 0 bridgehead atoms. The van der Waals surface area contributed by atoms with E-state index in [0.29, 0.717) is 5.56 Å². The topological polar surface area (TPSA) is 50.2 Å². The number of hydrogen-bond donors (Lipinski definition) is 1. The van der Waals surface area contributed by atoms with Crippen LogP contribution < -0.4 is 5.32 Å². The molecule has 3 rings (SSSR count). The number of benzene rings is 1. The fraction of sp³-hybridized carbons (Fsp3) is 0.333. The van der Waals surface area contributed by atoms with E-state index in [0.717, 1.165) is 42.8 Å². The molecule has 0 radical (unpaired) electrons. The van der Waals surface area contributed by atoms with E-state index in [-0.39, 0.29) is 18.3 Å². The lowest BCUT2D eigenvalue weighted by molar-refractivity contribution is 0.0766. The van der Waals surface area contributed by atoms with Gasteiger partial charge in [-0.2, -0.15) is 5.10 Å². The zero-order chi connectivity index (χ0) is 14.7. The second kappa shape index (κ2) is 7.76. The Balaban J connectivity index is 0.00000176. The molecule has 1 N–H and O–H groups in total. The van der Waals surface area contributed by atoms with Gasteiger partial charge in [0.2, 0.25) is 0 Å². The van der Waals surface area contributed by atoms with Crippen LogP contribution in [0.15, 0.2) is 41.1 Å². The first-order valence-corrected chi connectivity index (χ1v) is 7.84. The molecule has 0 atom stereocenters. The maximum atomic E-state index is 12.5. The van der Waals surface area contributed by atoms with Gasteiger partial charge in [-0.25, -0.2) is 4.68 Å². The summed E-state index contributed by atoms with van der Waals surface area (Å²) in [6.45, 7) is 3.38. The van der Waals surface area contributed by atoms with Crippen molar-refractivity contribution < 1.29 is 4.79 Å². The molecule has 1 fully saturated rings. The van der Waals surface area contributed by atoms with Gasteiger partial charge in [-0.15, -0.1) is 12.4 Å². The second-order valence-electron chi connectivity index (χ2n) is 5.05. The Kier molecular flexibility index (Phi) is 5.99. The summed E-state index contributed by atoms with van der Waals surface area (Å²) in [4.78, 5) is 14.4. The van der Waals surface area contributed by atoms with Crippen LogP contribution in [0, 0.1) is 0 Å². The first-order chi connectivity index (χ1) is 10.2. The molecule has 7 heteroatoms.